The van der Waals surface area contributed by atoms with Crippen molar-refractivity contribution in [3.05, 3.63) is 70.8 Å². The molecule has 0 fully saturated rings. The molecule has 0 aliphatic heterocycles. The Bertz CT molecular complexity index is 1080. The molecular formula is C28H48N8. The summed E-state index contributed by atoms with van der Waals surface area (Å²) in [5.74, 6) is 2.35. The fourth-order valence-corrected chi connectivity index (χ4v) is 3.68. The standard InChI is InChI=1S/C8H14N2.2C7H12N2.C6H10N2/c1-5(2)8-6(3)9-10-7(8)4;1-6(2)7-4-8-9(3)5-7;1-6(2)7-4-5-8-9(7)3;1-5(2)6-3-7-8-4-6/h5H,1-4H3,(H,9,10);2*4-6H,1-3H3;3-5H,1-2H3,(H,7,8). The van der Waals surface area contributed by atoms with Crippen LogP contribution in [0.25, 0.3) is 0 Å². The lowest BCUT2D eigenvalue weighted by Crippen LogP contribution is -1.98. The summed E-state index contributed by atoms with van der Waals surface area (Å²) in [6.45, 7) is 21.4. The zero-order valence-electron chi connectivity index (χ0n) is 24.5. The van der Waals surface area contributed by atoms with Gasteiger partial charge in [0.2, 0.25) is 0 Å². The van der Waals surface area contributed by atoms with Gasteiger partial charge in [-0.1, -0.05) is 55.4 Å². The average Bonchev–Trinajstić information content (AvgIpc) is 3.58. The van der Waals surface area contributed by atoms with E-state index in [0.29, 0.717) is 23.7 Å². The Kier molecular flexibility index (Phi) is 12.9. The summed E-state index contributed by atoms with van der Waals surface area (Å²) in [4.78, 5) is 0. The summed E-state index contributed by atoms with van der Waals surface area (Å²) >= 11 is 0. The van der Waals surface area contributed by atoms with Gasteiger partial charge in [0.25, 0.3) is 0 Å². The maximum Gasteiger partial charge on any atom is 0.0628 e. The van der Waals surface area contributed by atoms with Gasteiger partial charge in [0.15, 0.2) is 0 Å². The van der Waals surface area contributed by atoms with Gasteiger partial charge in [0.1, 0.15) is 0 Å². The Labute approximate surface area is 217 Å². The summed E-state index contributed by atoms with van der Waals surface area (Å²) < 4.78 is 3.74. The zero-order chi connectivity index (χ0) is 27.4. The van der Waals surface area contributed by atoms with Crippen molar-refractivity contribution in [1.29, 1.82) is 0 Å². The van der Waals surface area contributed by atoms with E-state index >= 15 is 0 Å². The number of hydrogen-bond donors (Lipinski definition) is 2. The molecule has 2 N–H and O–H groups in total. The van der Waals surface area contributed by atoms with E-state index < -0.39 is 0 Å². The minimum absolute atomic E-state index is 0.581. The normalized spacial score (nSPS) is 10.7. The minimum atomic E-state index is 0.581. The van der Waals surface area contributed by atoms with Gasteiger partial charge < -0.3 is 0 Å². The fourth-order valence-electron chi connectivity index (χ4n) is 3.68. The fraction of sp³-hybridized carbons (Fsp3) is 0.571. The predicted molar refractivity (Wildman–Crippen MR) is 149 cm³/mol. The molecule has 4 rings (SSSR count). The van der Waals surface area contributed by atoms with E-state index in [-0.39, 0.29) is 0 Å². The Balaban J connectivity index is 0.000000241. The number of hydrogen-bond acceptors (Lipinski definition) is 4. The third-order valence-electron chi connectivity index (χ3n) is 5.79. The minimum Gasteiger partial charge on any atom is -0.285 e. The van der Waals surface area contributed by atoms with Crippen molar-refractivity contribution in [2.24, 2.45) is 14.1 Å². The second-order valence-corrected chi connectivity index (χ2v) is 10.3. The molecule has 0 saturated carbocycles. The van der Waals surface area contributed by atoms with Gasteiger partial charge >= 0.3 is 0 Å². The van der Waals surface area contributed by atoms with Crippen molar-refractivity contribution >= 4 is 0 Å². The summed E-state index contributed by atoms with van der Waals surface area (Å²) in [7, 11) is 3.90. The van der Waals surface area contributed by atoms with Crippen LogP contribution in [0.3, 0.4) is 0 Å². The highest BCUT2D eigenvalue weighted by Crippen LogP contribution is 2.19. The highest BCUT2D eigenvalue weighted by atomic mass is 15.3. The smallest absolute Gasteiger partial charge is 0.0628 e. The third-order valence-corrected chi connectivity index (χ3v) is 5.79. The molecule has 0 spiro atoms. The molecule has 4 heterocycles. The monoisotopic (exact) mass is 496 g/mol. The Morgan fingerprint density at radius 2 is 1.42 bits per heavy atom. The lowest BCUT2D eigenvalue weighted by atomic mass is 10.0. The molecule has 8 nitrogen and oxygen atoms in total. The molecule has 0 aliphatic carbocycles. The molecule has 4 aromatic rings. The van der Waals surface area contributed by atoms with Crippen LogP contribution in [0.1, 0.15) is 113 Å². The van der Waals surface area contributed by atoms with E-state index in [2.05, 4.69) is 92.9 Å². The average molecular weight is 497 g/mol. The number of nitrogens with zero attached hydrogens (tertiary/aromatic N) is 6. The van der Waals surface area contributed by atoms with Gasteiger partial charge in [0.05, 0.1) is 18.1 Å². The molecule has 4 aromatic heterocycles. The summed E-state index contributed by atoms with van der Waals surface area (Å²) in [5, 5.41) is 21.8. The highest BCUT2D eigenvalue weighted by Gasteiger charge is 2.08. The van der Waals surface area contributed by atoms with E-state index in [1.165, 1.54) is 28.1 Å². The van der Waals surface area contributed by atoms with E-state index in [1.54, 1.807) is 0 Å². The topological polar surface area (TPSA) is 93.0 Å². The summed E-state index contributed by atoms with van der Waals surface area (Å²) in [6, 6.07) is 2.05. The molecule has 0 bridgehead atoms. The largest absolute Gasteiger partial charge is 0.285 e. The van der Waals surface area contributed by atoms with Crippen LogP contribution in [0.15, 0.2) is 37.1 Å². The quantitative estimate of drug-likeness (QED) is 0.326. The van der Waals surface area contributed by atoms with Gasteiger partial charge in [-0.25, -0.2) is 0 Å². The molecule has 0 aliphatic rings. The van der Waals surface area contributed by atoms with Crippen LogP contribution in [-0.4, -0.2) is 40.0 Å². The Morgan fingerprint density at radius 3 is 1.64 bits per heavy atom. The second-order valence-electron chi connectivity index (χ2n) is 10.3. The van der Waals surface area contributed by atoms with Crippen LogP contribution in [-0.2, 0) is 14.1 Å². The summed E-state index contributed by atoms with van der Waals surface area (Å²) in [5.41, 5.74) is 7.55. The molecule has 200 valence electrons. The van der Waals surface area contributed by atoms with Gasteiger partial charge in [0, 0.05) is 44.1 Å². The van der Waals surface area contributed by atoms with E-state index in [9.17, 15) is 0 Å². The van der Waals surface area contributed by atoms with Gasteiger partial charge in [-0.05, 0) is 60.3 Å². The van der Waals surface area contributed by atoms with Gasteiger partial charge in [-0.15, -0.1) is 0 Å². The van der Waals surface area contributed by atoms with E-state index in [4.69, 9.17) is 0 Å². The summed E-state index contributed by atoms with van der Waals surface area (Å²) in [6.07, 6.45) is 9.56. The number of H-pyrrole nitrogens is 2. The highest BCUT2D eigenvalue weighted by molar-refractivity contribution is 5.26. The maximum atomic E-state index is 4.11. The third kappa shape index (κ3) is 10.2. The van der Waals surface area contributed by atoms with Crippen molar-refractivity contribution in [2.45, 2.75) is 92.9 Å². The number of aromatic nitrogens is 8. The molecule has 0 saturated heterocycles. The Morgan fingerprint density at radius 1 is 0.778 bits per heavy atom. The predicted octanol–water partition coefficient (Wildman–Crippen LogP) is 6.77. The molecular weight excluding hydrogens is 448 g/mol. The SMILES string of the molecule is CC(C)c1ccnn1C.CC(C)c1cn[nH]c1.CC(C)c1cnn(C)c1.Cc1n[nH]c(C)c1C(C)C. The zero-order valence-corrected chi connectivity index (χ0v) is 24.5. The molecule has 8 heteroatoms. The van der Waals surface area contributed by atoms with Crippen molar-refractivity contribution < 1.29 is 0 Å². The molecule has 0 radical (unpaired) electrons. The lowest BCUT2D eigenvalue weighted by molar-refractivity contribution is 0.669. The van der Waals surface area contributed by atoms with Crippen molar-refractivity contribution in [2.75, 3.05) is 0 Å². The first-order valence-electron chi connectivity index (χ1n) is 12.8. The van der Waals surface area contributed by atoms with Crippen LogP contribution >= 0.6 is 0 Å². The number of nitrogens with one attached hydrogen (secondary N) is 2. The molecule has 36 heavy (non-hydrogen) atoms. The molecule has 0 unspecified atom stereocenters. The number of aryl methyl sites for hydroxylation is 4. The van der Waals surface area contributed by atoms with Crippen LogP contribution in [0.5, 0.6) is 0 Å². The van der Waals surface area contributed by atoms with Gasteiger partial charge in [-0.2, -0.15) is 20.4 Å². The molecule has 0 aromatic carbocycles. The van der Waals surface area contributed by atoms with Crippen LogP contribution in [0, 0.1) is 13.8 Å². The Hall–Kier alpha value is -3.16. The first-order valence-corrected chi connectivity index (χ1v) is 12.8. The van der Waals surface area contributed by atoms with Crippen LogP contribution < -0.4 is 0 Å². The van der Waals surface area contributed by atoms with Gasteiger partial charge in [-0.3, -0.25) is 19.6 Å². The number of rotatable bonds is 4. The second kappa shape index (κ2) is 15.1. The maximum absolute atomic E-state index is 4.11. The van der Waals surface area contributed by atoms with Crippen LogP contribution in [0.4, 0.5) is 0 Å². The van der Waals surface area contributed by atoms with Crippen molar-refractivity contribution in [3.8, 4) is 0 Å². The number of aromatic amines is 2. The first kappa shape index (κ1) is 30.9. The molecule has 0 atom stereocenters. The molecule has 0 amide bonds. The van der Waals surface area contributed by atoms with Crippen molar-refractivity contribution in [3.63, 3.8) is 0 Å². The van der Waals surface area contributed by atoms with Crippen molar-refractivity contribution in [1.82, 2.24) is 40.0 Å². The van der Waals surface area contributed by atoms with E-state index in [0.717, 1.165) is 5.69 Å². The van der Waals surface area contributed by atoms with Crippen LogP contribution in [0.2, 0.25) is 0 Å². The van der Waals surface area contributed by atoms with E-state index in [1.807, 2.05) is 67.4 Å². The lowest BCUT2D eigenvalue weighted by Gasteiger charge is -2.02. The first-order chi connectivity index (χ1) is 16.8.